The van der Waals surface area contributed by atoms with Crippen LogP contribution in [-0.4, -0.2) is 45.8 Å². The van der Waals surface area contributed by atoms with E-state index in [1.54, 1.807) is 6.07 Å². The summed E-state index contributed by atoms with van der Waals surface area (Å²) in [7, 11) is 0. The number of allylic oxidation sites excluding steroid dienone is 2. The average Bonchev–Trinajstić information content (AvgIpc) is 2.76. The quantitative estimate of drug-likeness (QED) is 0.605. The lowest BCUT2D eigenvalue weighted by Crippen LogP contribution is -2.52. The SMILES string of the molecule is [CH]c1cc(C2=N[N+](CCO)(CC3(O)CCCCCC3)C(C)=C2)ccc1Cl. The monoisotopic (exact) mass is 375 g/mol. The van der Waals surface area contributed by atoms with Crippen LogP contribution >= 0.6 is 11.6 Å². The van der Waals surface area contributed by atoms with Crippen LogP contribution in [0.4, 0.5) is 0 Å². The first kappa shape index (κ1) is 19.6. The fourth-order valence-electron chi connectivity index (χ4n) is 4.14. The highest BCUT2D eigenvalue weighted by Crippen LogP contribution is 2.35. The van der Waals surface area contributed by atoms with E-state index in [9.17, 15) is 10.2 Å². The van der Waals surface area contributed by atoms with Crippen LogP contribution in [0.25, 0.3) is 0 Å². The summed E-state index contributed by atoms with van der Waals surface area (Å²) in [5, 5.41) is 26.4. The lowest BCUT2D eigenvalue weighted by atomic mass is 9.93. The summed E-state index contributed by atoms with van der Waals surface area (Å²) in [6, 6.07) is 5.50. The van der Waals surface area contributed by atoms with Crippen molar-refractivity contribution in [3.63, 3.8) is 0 Å². The van der Waals surface area contributed by atoms with Crippen LogP contribution < -0.4 is 0 Å². The highest BCUT2D eigenvalue weighted by atomic mass is 35.5. The molecular weight excluding hydrogens is 348 g/mol. The molecular formula is C21H28ClN2O2+. The zero-order valence-electron chi connectivity index (χ0n) is 15.4. The maximum Gasteiger partial charge on any atom is 0.137 e. The van der Waals surface area contributed by atoms with Gasteiger partial charge in [-0.2, -0.15) is 4.59 Å². The fraction of sp³-hybridized carbons (Fsp3) is 0.524. The summed E-state index contributed by atoms with van der Waals surface area (Å²) in [6.45, 7) is 8.94. The molecule has 4 nitrogen and oxygen atoms in total. The van der Waals surface area contributed by atoms with Gasteiger partial charge in [-0.05, 0) is 30.5 Å². The van der Waals surface area contributed by atoms with Crippen molar-refractivity contribution in [1.29, 1.82) is 0 Å². The minimum atomic E-state index is -0.737. The van der Waals surface area contributed by atoms with Crippen LogP contribution in [0.2, 0.25) is 5.02 Å². The van der Waals surface area contributed by atoms with Crippen LogP contribution in [0.5, 0.6) is 0 Å². The molecule has 1 unspecified atom stereocenters. The Hall–Kier alpha value is -1.20. The van der Waals surface area contributed by atoms with Crippen molar-refractivity contribution in [3.8, 4) is 0 Å². The molecule has 1 saturated carbocycles. The van der Waals surface area contributed by atoms with E-state index < -0.39 is 5.60 Å². The second kappa shape index (κ2) is 7.81. The number of rotatable bonds is 5. The van der Waals surface area contributed by atoms with Crippen molar-refractivity contribution in [1.82, 2.24) is 0 Å². The minimum absolute atomic E-state index is 0.0147. The molecule has 1 aromatic rings. The molecule has 0 aromatic heterocycles. The predicted octanol–water partition coefficient (Wildman–Crippen LogP) is 3.92. The molecule has 0 amide bonds. The molecule has 1 aliphatic carbocycles. The zero-order valence-corrected chi connectivity index (χ0v) is 16.2. The zero-order chi connectivity index (χ0) is 18.8. The van der Waals surface area contributed by atoms with Gasteiger partial charge >= 0.3 is 0 Å². The number of quaternary nitrogens is 1. The van der Waals surface area contributed by atoms with E-state index in [-0.39, 0.29) is 11.2 Å². The second-order valence-electron chi connectivity index (χ2n) is 7.67. The molecule has 1 aliphatic heterocycles. The standard InChI is InChI=1S/C21H28ClN2O2/c1-16-13-18(7-8-19(16)22)20-14-17(2)24(23-20,11-12-25)15-21(26)9-5-3-4-6-10-21/h1,7-8,13-14,25-26H,3-6,9-12,15H2,2H3/q+1. The van der Waals surface area contributed by atoms with E-state index in [1.807, 2.05) is 25.1 Å². The smallest absolute Gasteiger partial charge is 0.137 e. The third-order valence-electron chi connectivity index (χ3n) is 5.65. The van der Waals surface area contributed by atoms with Gasteiger partial charge in [0, 0.05) is 30.5 Å². The summed E-state index contributed by atoms with van der Waals surface area (Å²) in [4.78, 5) is 0. The topological polar surface area (TPSA) is 52.8 Å². The summed E-state index contributed by atoms with van der Waals surface area (Å²) in [6.07, 6.45) is 8.06. The minimum Gasteiger partial charge on any atom is -0.390 e. The van der Waals surface area contributed by atoms with Gasteiger partial charge in [-0.3, -0.25) is 0 Å². The van der Waals surface area contributed by atoms with Gasteiger partial charge in [0.1, 0.15) is 30.1 Å². The maximum atomic E-state index is 11.2. The summed E-state index contributed by atoms with van der Waals surface area (Å²) >= 11 is 6.03. The molecule has 140 valence electrons. The van der Waals surface area contributed by atoms with E-state index >= 15 is 0 Å². The Morgan fingerprint density at radius 2 is 1.92 bits per heavy atom. The Morgan fingerprint density at radius 3 is 2.54 bits per heavy atom. The summed E-state index contributed by atoms with van der Waals surface area (Å²) in [5.74, 6) is 0. The fourth-order valence-corrected chi connectivity index (χ4v) is 4.26. The van der Waals surface area contributed by atoms with E-state index in [4.69, 9.17) is 23.6 Å². The van der Waals surface area contributed by atoms with Crippen LogP contribution in [0.15, 0.2) is 35.1 Å². The van der Waals surface area contributed by atoms with Crippen LogP contribution in [-0.2, 0) is 0 Å². The molecule has 2 aliphatic rings. The largest absolute Gasteiger partial charge is 0.390 e. The average molecular weight is 376 g/mol. The van der Waals surface area contributed by atoms with E-state index in [0.29, 0.717) is 23.7 Å². The van der Waals surface area contributed by atoms with Crippen LogP contribution in [0.1, 0.15) is 56.6 Å². The first-order chi connectivity index (χ1) is 12.4. The van der Waals surface area contributed by atoms with E-state index in [1.165, 1.54) is 12.8 Å². The molecule has 1 heterocycles. The normalized spacial score (nSPS) is 25.6. The number of nitrogens with zero attached hydrogens (tertiary/aromatic N) is 2. The van der Waals surface area contributed by atoms with Crippen molar-refractivity contribution in [2.45, 2.75) is 51.0 Å². The van der Waals surface area contributed by atoms with E-state index in [0.717, 1.165) is 42.7 Å². The number of halogens is 1. The Kier molecular flexibility index (Phi) is 5.88. The number of hydrogen-bond donors (Lipinski definition) is 2. The summed E-state index contributed by atoms with van der Waals surface area (Å²) in [5.41, 5.74) is 2.53. The molecule has 1 atom stereocenters. The number of aliphatic hydroxyl groups excluding tert-OH is 1. The first-order valence-corrected chi connectivity index (χ1v) is 9.80. The third-order valence-corrected chi connectivity index (χ3v) is 6.00. The molecule has 2 radical (unpaired) electrons. The first-order valence-electron chi connectivity index (χ1n) is 9.42. The van der Waals surface area contributed by atoms with Crippen LogP contribution in [0.3, 0.4) is 0 Å². The van der Waals surface area contributed by atoms with Gasteiger partial charge in [0.25, 0.3) is 0 Å². The van der Waals surface area contributed by atoms with Gasteiger partial charge in [0.2, 0.25) is 0 Å². The molecule has 1 aromatic carbocycles. The molecule has 2 N–H and O–H groups in total. The lowest BCUT2D eigenvalue weighted by Gasteiger charge is -2.37. The lowest BCUT2D eigenvalue weighted by molar-refractivity contribution is -0.903. The number of aliphatic hydroxyl groups is 2. The molecule has 26 heavy (non-hydrogen) atoms. The van der Waals surface area contributed by atoms with Crippen molar-refractivity contribution in [3.05, 3.63) is 53.0 Å². The molecule has 0 bridgehead atoms. The molecule has 5 heteroatoms. The van der Waals surface area contributed by atoms with E-state index in [2.05, 4.69) is 0 Å². The summed E-state index contributed by atoms with van der Waals surface area (Å²) < 4.78 is 0.255. The van der Waals surface area contributed by atoms with Gasteiger partial charge in [-0.25, -0.2) is 0 Å². The Morgan fingerprint density at radius 1 is 1.23 bits per heavy atom. The van der Waals surface area contributed by atoms with Gasteiger partial charge in [0.15, 0.2) is 0 Å². The highest BCUT2D eigenvalue weighted by Gasteiger charge is 2.44. The molecule has 3 rings (SSSR count). The van der Waals surface area contributed by atoms with Gasteiger partial charge < -0.3 is 10.2 Å². The van der Waals surface area contributed by atoms with Gasteiger partial charge in [-0.15, -0.1) is 0 Å². The Labute approximate surface area is 161 Å². The van der Waals surface area contributed by atoms with Crippen molar-refractivity contribution < 1.29 is 14.8 Å². The highest BCUT2D eigenvalue weighted by molar-refractivity contribution is 6.31. The van der Waals surface area contributed by atoms with Gasteiger partial charge in [-0.1, -0.05) is 48.5 Å². The van der Waals surface area contributed by atoms with Crippen LogP contribution in [0, 0.1) is 6.92 Å². The van der Waals surface area contributed by atoms with Crippen molar-refractivity contribution in [2.75, 3.05) is 19.7 Å². The van der Waals surface area contributed by atoms with Gasteiger partial charge in [0.05, 0.1) is 6.61 Å². The number of hydrogen-bond acceptors (Lipinski definition) is 3. The van der Waals surface area contributed by atoms with Crippen molar-refractivity contribution in [2.24, 2.45) is 5.10 Å². The molecule has 0 saturated heterocycles. The molecule has 1 fully saturated rings. The Balaban J connectivity index is 1.93. The Bertz CT molecular complexity index is 721. The second-order valence-corrected chi connectivity index (χ2v) is 8.08. The molecule has 0 spiro atoms. The predicted molar refractivity (Wildman–Crippen MR) is 105 cm³/mol. The maximum absolute atomic E-state index is 11.2. The third kappa shape index (κ3) is 4.04. The number of benzene rings is 1. The van der Waals surface area contributed by atoms with Crippen molar-refractivity contribution >= 4 is 17.3 Å².